The third kappa shape index (κ3) is 1.56. The third-order valence-electron chi connectivity index (χ3n) is 1.45. The van der Waals surface area contributed by atoms with Gasteiger partial charge in [-0.1, -0.05) is 13.8 Å². The summed E-state index contributed by atoms with van der Waals surface area (Å²) in [5.74, 6) is 0.620. The molecule has 1 heterocycles. The molecule has 50 valence electrons. The fourth-order valence-electron chi connectivity index (χ4n) is 0.748. The van der Waals surface area contributed by atoms with E-state index in [4.69, 9.17) is 0 Å². The Balaban J connectivity index is 2.57. The summed E-state index contributed by atoms with van der Waals surface area (Å²) < 4.78 is 0. The van der Waals surface area contributed by atoms with Gasteiger partial charge in [0.2, 0.25) is 0 Å². The molecule has 9 heavy (non-hydrogen) atoms. The molecule has 0 atom stereocenters. The fourth-order valence-corrected chi connectivity index (χ4v) is 0.748. The van der Waals surface area contributed by atoms with Gasteiger partial charge in [0.05, 0.1) is 6.34 Å². The van der Waals surface area contributed by atoms with Crippen molar-refractivity contribution in [3.05, 3.63) is 11.8 Å². The molecule has 0 bridgehead atoms. The van der Waals surface area contributed by atoms with Crippen molar-refractivity contribution < 1.29 is 0 Å². The zero-order valence-corrected chi connectivity index (χ0v) is 5.89. The van der Waals surface area contributed by atoms with Crippen LogP contribution in [0, 0.1) is 5.92 Å². The van der Waals surface area contributed by atoms with E-state index in [0.29, 0.717) is 5.92 Å². The minimum Gasteiger partial charge on any atom is -0.372 e. The van der Waals surface area contributed by atoms with Crippen LogP contribution < -0.4 is 5.32 Å². The van der Waals surface area contributed by atoms with Crippen LogP contribution >= 0.6 is 0 Å². The summed E-state index contributed by atoms with van der Waals surface area (Å²) in [7, 11) is 0. The maximum Gasteiger partial charge on any atom is 0.0881 e. The predicted octanol–water partition coefficient (Wildman–Crippen LogP) is 1.16. The first-order chi connectivity index (χ1) is 4.30. The van der Waals surface area contributed by atoms with Crippen LogP contribution in [0.4, 0.5) is 0 Å². The average molecular weight is 124 g/mol. The lowest BCUT2D eigenvalue weighted by Gasteiger charge is -2.12. The lowest BCUT2D eigenvalue weighted by molar-refractivity contribution is 0.719. The number of hydrogen-bond acceptors (Lipinski definition) is 2. The minimum absolute atomic E-state index is 0.620. The van der Waals surface area contributed by atoms with Gasteiger partial charge in [0.15, 0.2) is 0 Å². The molecule has 0 aromatic carbocycles. The fraction of sp³-hybridized carbons (Fsp3) is 0.571. The zero-order chi connectivity index (χ0) is 6.69. The molecule has 0 unspecified atom stereocenters. The van der Waals surface area contributed by atoms with Crippen LogP contribution in [0.1, 0.15) is 13.8 Å². The maximum atomic E-state index is 3.98. The Morgan fingerprint density at radius 1 is 1.67 bits per heavy atom. The molecule has 0 aliphatic carbocycles. The summed E-state index contributed by atoms with van der Waals surface area (Å²) in [5.41, 5.74) is 1.37. The zero-order valence-electron chi connectivity index (χ0n) is 5.89. The highest BCUT2D eigenvalue weighted by Gasteiger charge is 2.02. The first-order valence-corrected chi connectivity index (χ1v) is 3.24. The van der Waals surface area contributed by atoms with Crippen molar-refractivity contribution in [3.63, 3.8) is 0 Å². The van der Waals surface area contributed by atoms with Crippen LogP contribution in [0.2, 0.25) is 0 Å². The normalized spacial score (nSPS) is 17.4. The highest BCUT2D eigenvalue weighted by molar-refractivity contribution is 5.57. The Morgan fingerprint density at radius 2 is 2.44 bits per heavy atom. The van der Waals surface area contributed by atoms with Gasteiger partial charge in [-0.15, -0.1) is 0 Å². The number of rotatable bonds is 1. The standard InChI is InChI=1S/C7H12N2/c1-6(2)7-3-8-5-9-4-7/h3,5-6H,4H2,1-2H3,(H,8,9). The molecular weight excluding hydrogens is 112 g/mol. The molecule has 2 heteroatoms. The molecule has 0 fully saturated rings. The number of nitrogens with zero attached hydrogens (tertiary/aromatic N) is 1. The van der Waals surface area contributed by atoms with Gasteiger partial charge >= 0.3 is 0 Å². The van der Waals surface area contributed by atoms with Crippen LogP contribution in [0.25, 0.3) is 0 Å². The molecule has 0 saturated carbocycles. The molecule has 0 amide bonds. The van der Waals surface area contributed by atoms with E-state index in [9.17, 15) is 0 Å². The van der Waals surface area contributed by atoms with Crippen molar-refractivity contribution in [2.75, 3.05) is 6.54 Å². The van der Waals surface area contributed by atoms with Crippen LogP contribution in [-0.4, -0.2) is 12.9 Å². The first kappa shape index (κ1) is 6.33. The molecule has 1 aliphatic rings. The monoisotopic (exact) mass is 124 g/mol. The minimum atomic E-state index is 0.620. The Morgan fingerprint density at radius 3 is 2.78 bits per heavy atom. The number of hydrogen-bond donors (Lipinski definition) is 1. The maximum absolute atomic E-state index is 3.98. The van der Waals surface area contributed by atoms with E-state index >= 15 is 0 Å². The van der Waals surface area contributed by atoms with Crippen molar-refractivity contribution in [1.82, 2.24) is 5.32 Å². The molecule has 1 N–H and O–H groups in total. The second-order valence-electron chi connectivity index (χ2n) is 2.52. The first-order valence-electron chi connectivity index (χ1n) is 3.24. The molecule has 1 aliphatic heterocycles. The van der Waals surface area contributed by atoms with E-state index < -0.39 is 0 Å². The van der Waals surface area contributed by atoms with Crippen molar-refractivity contribution in [1.29, 1.82) is 0 Å². The predicted molar refractivity (Wildman–Crippen MR) is 39.4 cm³/mol. The van der Waals surface area contributed by atoms with Gasteiger partial charge in [0, 0.05) is 12.7 Å². The molecule has 0 spiro atoms. The van der Waals surface area contributed by atoms with Gasteiger partial charge in [-0.2, -0.15) is 0 Å². The molecular formula is C7H12N2. The lowest BCUT2D eigenvalue weighted by Crippen LogP contribution is -2.20. The Labute approximate surface area is 55.7 Å². The lowest BCUT2D eigenvalue weighted by atomic mass is 10.0. The second-order valence-corrected chi connectivity index (χ2v) is 2.52. The Kier molecular flexibility index (Phi) is 1.88. The average Bonchev–Trinajstić information content (AvgIpc) is 1.90. The van der Waals surface area contributed by atoms with Gasteiger partial charge < -0.3 is 5.32 Å². The van der Waals surface area contributed by atoms with Crippen molar-refractivity contribution in [2.24, 2.45) is 10.9 Å². The van der Waals surface area contributed by atoms with Gasteiger partial charge in [0.1, 0.15) is 0 Å². The van der Waals surface area contributed by atoms with E-state index in [1.807, 2.05) is 6.20 Å². The molecule has 2 nitrogen and oxygen atoms in total. The van der Waals surface area contributed by atoms with Crippen LogP contribution in [0.15, 0.2) is 16.8 Å². The summed E-state index contributed by atoms with van der Waals surface area (Å²) in [6.45, 7) is 5.31. The highest BCUT2D eigenvalue weighted by atomic mass is 14.9. The summed E-state index contributed by atoms with van der Waals surface area (Å²) in [6, 6.07) is 0. The van der Waals surface area contributed by atoms with Gasteiger partial charge in [-0.3, -0.25) is 0 Å². The molecule has 0 saturated heterocycles. The van der Waals surface area contributed by atoms with E-state index in [0.717, 1.165) is 6.54 Å². The van der Waals surface area contributed by atoms with E-state index in [1.54, 1.807) is 6.34 Å². The highest BCUT2D eigenvalue weighted by Crippen LogP contribution is 2.08. The molecule has 0 aromatic heterocycles. The summed E-state index contributed by atoms with van der Waals surface area (Å²) in [5, 5.41) is 3.06. The smallest absolute Gasteiger partial charge is 0.0881 e. The van der Waals surface area contributed by atoms with E-state index in [1.165, 1.54) is 5.57 Å². The van der Waals surface area contributed by atoms with Crippen LogP contribution in [0.5, 0.6) is 0 Å². The van der Waals surface area contributed by atoms with Gasteiger partial charge in [0.25, 0.3) is 0 Å². The topological polar surface area (TPSA) is 24.4 Å². The van der Waals surface area contributed by atoms with Crippen molar-refractivity contribution >= 4 is 6.34 Å². The van der Waals surface area contributed by atoms with Gasteiger partial charge in [-0.05, 0) is 11.5 Å². The third-order valence-corrected chi connectivity index (χ3v) is 1.45. The largest absolute Gasteiger partial charge is 0.372 e. The Hall–Kier alpha value is -0.790. The quantitative estimate of drug-likeness (QED) is 0.557. The summed E-state index contributed by atoms with van der Waals surface area (Å²) in [6.07, 6.45) is 3.66. The second kappa shape index (κ2) is 2.67. The molecule has 0 aromatic rings. The van der Waals surface area contributed by atoms with Gasteiger partial charge in [-0.25, -0.2) is 4.99 Å². The molecule has 0 radical (unpaired) electrons. The van der Waals surface area contributed by atoms with Crippen molar-refractivity contribution in [3.8, 4) is 0 Å². The Bertz CT molecular complexity index is 145. The SMILES string of the molecule is CC(C)C1=CN=CNC1. The van der Waals surface area contributed by atoms with Crippen molar-refractivity contribution in [2.45, 2.75) is 13.8 Å². The molecule has 1 rings (SSSR count). The summed E-state index contributed by atoms with van der Waals surface area (Å²) >= 11 is 0. The van der Waals surface area contributed by atoms with E-state index in [2.05, 4.69) is 24.2 Å². The summed E-state index contributed by atoms with van der Waals surface area (Å²) in [4.78, 5) is 3.98. The number of nitrogens with one attached hydrogen (secondary N) is 1. The van der Waals surface area contributed by atoms with Crippen LogP contribution in [-0.2, 0) is 0 Å². The van der Waals surface area contributed by atoms with E-state index in [-0.39, 0.29) is 0 Å². The van der Waals surface area contributed by atoms with Crippen LogP contribution in [0.3, 0.4) is 0 Å². The number of aliphatic imine (C=N–C) groups is 1.